The Morgan fingerprint density at radius 3 is 2.36 bits per heavy atom. The molecule has 2 fully saturated rings. The molecule has 134 valence electrons. The van der Waals surface area contributed by atoms with Gasteiger partial charge in [0.15, 0.2) is 11.6 Å². The first-order chi connectivity index (χ1) is 11.7. The number of amides is 3. The zero-order chi connectivity index (χ0) is 18.5. The first-order valence-corrected chi connectivity index (χ1v) is 7.73. The van der Waals surface area contributed by atoms with E-state index in [-0.39, 0.29) is 31.4 Å². The second-order valence-corrected chi connectivity index (χ2v) is 6.17. The van der Waals surface area contributed by atoms with Crippen LogP contribution in [0.2, 0.25) is 0 Å². The summed E-state index contributed by atoms with van der Waals surface area (Å²) in [5.74, 6) is -5.29. The van der Waals surface area contributed by atoms with Gasteiger partial charge in [-0.25, -0.2) is 13.2 Å². The van der Waals surface area contributed by atoms with E-state index in [2.05, 4.69) is 0 Å². The van der Waals surface area contributed by atoms with E-state index in [1.165, 1.54) is 21.7 Å². The molecule has 0 saturated carbocycles. The van der Waals surface area contributed by atoms with Gasteiger partial charge < -0.3 is 14.7 Å². The molecule has 0 aromatic heterocycles. The number of rotatable bonds is 1. The number of carbonyl (C=O) groups excluding carboxylic acids is 3. The van der Waals surface area contributed by atoms with E-state index in [1.54, 1.807) is 6.92 Å². The number of piperazine rings is 2. The zero-order valence-electron chi connectivity index (χ0n) is 13.6. The van der Waals surface area contributed by atoms with E-state index in [1.807, 2.05) is 0 Å². The molecular formula is C16H16F3N3O3. The Kier molecular flexibility index (Phi) is 4.18. The maximum atomic E-state index is 13.8. The summed E-state index contributed by atoms with van der Waals surface area (Å²) >= 11 is 0. The number of carbonyl (C=O) groups is 3. The van der Waals surface area contributed by atoms with E-state index < -0.39 is 41.0 Å². The molecule has 25 heavy (non-hydrogen) atoms. The lowest BCUT2D eigenvalue weighted by Gasteiger charge is -2.47. The summed E-state index contributed by atoms with van der Waals surface area (Å²) in [4.78, 5) is 41.0. The van der Waals surface area contributed by atoms with Crippen LogP contribution in [0.25, 0.3) is 0 Å². The number of hydrogen-bond donors (Lipinski definition) is 0. The molecule has 1 aromatic carbocycles. The van der Waals surface area contributed by atoms with Crippen LogP contribution in [0.5, 0.6) is 0 Å². The number of nitrogens with zero attached hydrogens (tertiary/aromatic N) is 3. The molecule has 2 heterocycles. The first-order valence-electron chi connectivity index (χ1n) is 7.73. The van der Waals surface area contributed by atoms with Crippen molar-refractivity contribution in [2.45, 2.75) is 19.0 Å². The fourth-order valence-electron chi connectivity index (χ4n) is 3.13. The lowest BCUT2D eigenvalue weighted by Crippen LogP contribution is -2.69. The SMILES string of the molecule is C[C@H]1C(=O)N2CCN(C(=O)c3cc(F)c(F)cc3F)C[C@@H]2C(=O)N1C. The maximum Gasteiger partial charge on any atom is 0.257 e. The van der Waals surface area contributed by atoms with Gasteiger partial charge in [-0.1, -0.05) is 0 Å². The third-order valence-corrected chi connectivity index (χ3v) is 4.76. The van der Waals surface area contributed by atoms with E-state index in [0.29, 0.717) is 12.1 Å². The Morgan fingerprint density at radius 1 is 1.04 bits per heavy atom. The first kappa shape index (κ1) is 17.2. The molecular weight excluding hydrogens is 339 g/mol. The van der Waals surface area contributed by atoms with Crippen molar-refractivity contribution in [1.82, 2.24) is 14.7 Å². The van der Waals surface area contributed by atoms with Gasteiger partial charge in [0.2, 0.25) is 11.8 Å². The number of likely N-dealkylation sites (N-methyl/N-ethyl adjacent to an activating group) is 1. The highest BCUT2D eigenvalue weighted by molar-refractivity contribution is 5.99. The summed E-state index contributed by atoms with van der Waals surface area (Å²) in [7, 11) is 1.50. The standard InChI is InChI=1S/C16H16F3N3O3/c1-8-14(23)22-4-3-21(7-13(22)16(25)20(8)2)15(24)9-5-11(18)12(19)6-10(9)17/h5-6,8,13H,3-4,7H2,1-2H3/t8-,13+/m0/s1. The Labute approximate surface area is 141 Å². The van der Waals surface area contributed by atoms with Gasteiger partial charge in [0.25, 0.3) is 5.91 Å². The van der Waals surface area contributed by atoms with Gasteiger partial charge in [0.1, 0.15) is 17.9 Å². The summed E-state index contributed by atoms with van der Waals surface area (Å²) in [5, 5.41) is 0. The lowest BCUT2D eigenvalue weighted by molar-refractivity contribution is -0.162. The second-order valence-electron chi connectivity index (χ2n) is 6.17. The van der Waals surface area contributed by atoms with Crippen molar-refractivity contribution in [3.8, 4) is 0 Å². The van der Waals surface area contributed by atoms with Crippen molar-refractivity contribution in [3.05, 3.63) is 35.1 Å². The highest BCUT2D eigenvalue weighted by atomic mass is 19.2. The molecule has 3 rings (SSSR count). The zero-order valence-corrected chi connectivity index (χ0v) is 13.6. The topological polar surface area (TPSA) is 60.9 Å². The number of benzene rings is 1. The van der Waals surface area contributed by atoms with Crippen LogP contribution < -0.4 is 0 Å². The molecule has 0 aliphatic carbocycles. The predicted octanol–water partition coefficient (Wildman–Crippen LogP) is 0.617. The number of halogens is 3. The van der Waals surface area contributed by atoms with Gasteiger partial charge in [-0.05, 0) is 13.0 Å². The van der Waals surface area contributed by atoms with E-state index in [0.717, 1.165) is 0 Å². The molecule has 0 N–H and O–H groups in total. The van der Waals surface area contributed by atoms with Crippen molar-refractivity contribution in [3.63, 3.8) is 0 Å². The lowest BCUT2D eigenvalue weighted by atomic mass is 10.0. The van der Waals surface area contributed by atoms with Gasteiger partial charge >= 0.3 is 0 Å². The van der Waals surface area contributed by atoms with Gasteiger partial charge in [-0.3, -0.25) is 14.4 Å². The van der Waals surface area contributed by atoms with E-state index in [9.17, 15) is 27.6 Å². The summed E-state index contributed by atoms with van der Waals surface area (Å²) in [5.41, 5.74) is -0.608. The van der Waals surface area contributed by atoms with Crippen LogP contribution in [-0.2, 0) is 9.59 Å². The third-order valence-electron chi connectivity index (χ3n) is 4.76. The van der Waals surface area contributed by atoms with Crippen molar-refractivity contribution in [2.75, 3.05) is 26.7 Å². The van der Waals surface area contributed by atoms with Crippen molar-refractivity contribution in [2.24, 2.45) is 0 Å². The molecule has 9 heteroatoms. The molecule has 2 aliphatic heterocycles. The van der Waals surface area contributed by atoms with Crippen LogP contribution in [0, 0.1) is 17.5 Å². The van der Waals surface area contributed by atoms with Gasteiger partial charge in [0, 0.05) is 26.2 Å². The number of hydrogen-bond acceptors (Lipinski definition) is 3. The van der Waals surface area contributed by atoms with Crippen molar-refractivity contribution < 1.29 is 27.6 Å². The Bertz CT molecular complexity index is 770. The van der Waals surface area contributed by atoms with Crippen LogP contribution in [0.1, 0.15) is 17.3 Å². The Balaban J connectivity index is 1.85. The van der Waals surface area contributed by atoms with Crippen LogP contribution in [0.15, 0.2) is 12.1 Å². The summed E-state index contributed by atoms with van der Waals surface area (Å²) < 4.78 is 40.2. The molecule has 1 aromatic rings. The quantitative estimate of drug-likeness (QED) is 0.694. The molecule has 0 bridgehead atoms. The minimum Gasteiger partial charge on any atom is -0.334 e. The summed E-state index contributed by atoms with van der Waals surface area (Å²) in [6.45, 7) is 1.68. The normalized spacial score (nSPS) is 23.8. The van der Waals surface area contributed by atoms with Gasteiger partial charge in [-0.2, -0.15) is 0 Å². The second kappa shape index (κ2) is 6.05. The Hall–Kier alpha value is -2.58. The summed E-state index contributed by atoms with van der Waals surface area (Å²) in [6.07, 6.45) is 0. The molecule has 0 unspecified atom stereocenters. The summed E-state index contributed by atoms with van der Waals surface area (Å²) in [6, 6.07) is -0.639. The van der Waals surface area contributed by atoms with E-state index >= 15 is 0 Å². The van der Waals surface area contributed by atoms with Crippen molar-refractivity contribution in [1.29, 1.82) is 0 Å². The van der Waals surface area contributed by atoms with Crippen LogP contribution in [0.4, 0.5) is 13.2 Å². The fourth-order valence-corrected chi connectivity index (χ4v) is 3.13. The van der Waals surface area contributed by atoms with Crippen LogP contribution in [0.3, 0.4) is 0 Å². The molecule has 2 aliphatic rings. The van der Waals surface area contributed by atoms with Crippen LogP contribution in [-0.4, -0.2) is 71.2 Å². The molecule has 0 radical (unpaired) electrons. The smallest absolute Gasteiger partial charge is 0.257 e. The van der Waals surface area contributed by atoms with Gasteiger partial charge in [0.05, 0.1) is 12.1 Å². The molecule has 0 spiro atoms. The largest absolute Gasteiger partial charge is 0.334 e. The fraction of sp³-hybridized carbons (Fsp3) is 0.438. The molecule has 2 atom stereocenters. The molecule has 6 nitrogen and oxygen atoms in total. The Morgan fingerprint density at radius 2 is 1.68 bits per heavy atom. The number of fused-ring (bicyclic) bond motifs is 1. The highest BCUT2D eigenvalue weighted by Crippen LogP contribution is 2.23. The predicted molar refractivity (Wildman–Crippen MR) is 80.0 cm³/mol. The highest BCUT2D eigenvalue weighted by Gasteiger charge is 2.45. The van der Waals surface area contributed by atoms with Gasteiger partial charge in [-0.15, -0.1) is 0 Å². The van der Waals surface area contributed by atoms with Crippen molar-refractivity contribution >= 4 is 17.7 Å². The molecule has 2 saturated heterocycles. The molecule has 3 amide bonds. The third kappa shape index (κ3) is 2.73. The maximum absolute atomic E-state index is 13.8. The van der Waals surface area contributed by atoms with Crippen LogP contribution >= 0.6 is 0 Å². The average Bonchev–Trinajstić information content (AvgIpc) is 2.60. The minimum atomic E-state index is -1.39. The van der Waals surface area contributed by atoms with E-state index in [4.69, 9.17) is 0 Å². The average molecular weight is 355 g/mol. The minimum absolute atomic E-state index is 0.0726. The monoisotopic (exact) mass is 355 g/mol.